The van der Waals surface area contributed by atoms with E-state index >= 15 is 4.39 Å². The third-order valence-electron chi connectivity index (χ3n) is 8.17. The zero-order chi connectivity index (χ0) is 30.3. The van der Waals surface area contributed by atoms with Gasteiger partial charge in [0.1, 0.15) is 11.6 Å². The van der Waals surface area contributed by atoms with Crippen LogP contribution in [-0.2, 0) is 11.8 Å². The highest BCUT2D eigenvalue weighted by Crippen LogP contribution is 2.48. The van der Waals surface area contributed by atoms with Gasteiger partial charge in [-0.25, -0.2) is 9.18 Å². The molecule has 1 aliphatic carbocycles. The molecule has 8 nitrogen and oxygen atoms in total. The monoisotopic (exact) mass is 571 g/mol. The average Bonchev–Trinajstić information content (AvgIpc) is 3.78. The van der Waals surface area contributed by atoms with Crippen LogP contribution in [0.15, 0.2) is 53.8 Å². The third kappa shape index (κ3) is 5.19. The molecular formula is C33H38FN5O3. The Morgan fingerprint density at radius 3 is 2.50 bits per heavy atom. The molecule has 0 radical (unpaired) electrons. The lowest BCUT2D eigenvalue weighted by molar-refractivity contribution is -0.114. The number of hydrogen-bond acceptors (Lipinski definition) is 4. The lowest BCUT2D eigenvalue weighted by atomic mass is 9.92. The summed E-state index contributed by atoms with van der Waals surface area (Å²) in [4.78, 5) is 42.6. The van der Waals surface area contributed by atoms with E-state index in [9.17, 15) is 14.4 Å². The molecular weight excluding hydrogens is 533 g/mol. The fourth-order valence-electron chi connectivity index (χ4n) is 5.90. The number of aromatic nitrogens is 1. The molecule has 1 saturated carbocycles. The molecule has 2 aliphatic rings. The number of anilines is 5. The van der Waals surface area contributed by atoms with Crippen LogP contribution in [0.25, 0.3) is 5.70 Å². The van der Waals surface area contributed by atoms with Crippen molar-refractivity contribution in [1.82, 2.24) is 9.47 Å². The standard InChI is InChI=1S/C33H38FN5O3/c1-7-10-22(8-2)23-13-16-28(27(34)17-23)36-31-29-20(4)38(25-14-15-25)33(42)39(30(29)19(3)32(41)37(31)6)26-12-9-11-24(18-26)35-21(5)40/h9,11-13,16-18,22,25,36H,4,7-8,10,14-15H2,1-3,5-6H3,(H,35,40). The summed E-state index contributed by atoms with van der Waals surface area (Å²) in [6, 6.07) is 11.8. The van der Waals surface area contributed by atoms with Crippen molar-refractivity contribution in [2.45, 2.75) is 71.8 Å². The van der Waals surface area contributed by atoms with Gasteiger partial charge in [-0.1, -0.05) is 39.0 Å². The van der Waals surface area contributed by atoms with E-state index in [0.29, 0.717) is 39.7 Å². The number of amides is 3. The molecule has 0 bridgehead atoms. The van der Waals surface area contributed by atoms with E-state index in [4.69, 9.17) is 0 Å². The Morgan fingerprint density at radius 2 is 1.88 bits per heavy atom. The van der Waals surface area contributed by atoms with Gasteiger partial charge in [-0.2, -0.15) is 0 Å². The Labute approximate surface area is 245 Å². The molecule has 42 heavy (non-hydrogen) atoms. The van der Waals surface area contributed by atoms with E-state index < -0.39 is 5.82 Å². The highest BCUT2D eigenvalue weighted by Gasteiger charge is 2.45. The highest BCUT2D eigenvalue weighted by atomic mass is 19.1. The molecule has 1 unspecified atom stereocenters. The van der Waals surface area contributed by atoms with Gasteiger partial charge >= 0.3 is 6.03 Å². The number of carbonyl (C=O) groups is 2. The number of urea groups is 1. The van der Waals surface area contributed by atoms with Crippen LogP contribution in [-0.4, -0.2) is 27.4 Å². The van der Waals surface area contributed by atoms with Crippen LogP contribution < -0.4 is 21.1 Å². The topological polar surface area (TPSA) is 86.7 Å². The molecule has 9 heteroatoms. The summed E-state index contributed by atoms with van der Waals surface area (Å²) in [5.74, 6) is -0.0379. The van der Waals surface area contributed by atoms with Gasteiger partial charge in [0.2, 0.25) is 5.91 Å². The van der Waals surface area contributed by atoms with Crippen molar-refractivity contribution in [3.8, 4) is 0 Å². The molecule has 1 fully saturated rings. The molecule has 2 heterocycles. The predicted molar refractivity (Wildman–Crippen MR) is 166 cm³/mol. The number of hydrogen-bond donors (Lipinski definition) is 2. The Hall–Kier alpha value is -4.40. The smallest absolute Gasteiger partial charge is 0.333 e. The molecule has 3 amide bonds. The quantitative estimate of drug-likeness (QED) is 0.278. The maximum atomic E-state index is 15.6. The van der Waals surface area contributed by atoms with Crippen LogP contribution in [0.3, 0.4) is 0 Å². The van der Waals surface area contributed by atoms with Crippen LogP contribution in [0, 0.1) is 12.7 Å². The average molecular weight is 572 g/mol. The number of carbonyl (C=O) groups excluding carboxylic acids is 2. The molecule has 1 aliphatic heterocycles. The molecule has 2 aromatic carbocycles. The molecule has 3 aromatic rings. The fourth-order valence-corrected chi connectivity index (χ4v) is 5.90. The largest absolute Gasteiger partial charge is 0.339 e. The van der Waals surface area contributed by atoms with Crippen molar-refractivity contribution in [3.05, 3.63) is 81.9 Å². The zero-order valence-corrected chi connectivity index (χ0v) is 24.9. The molecule has 1 aromatic heterocycles. The number of pyridine rings is 1. The first-order valence-electron chi connectivity index (χ1n) is 14.6. The second kappa shape index (κ2) is 11.5. The van der Waals surface area contributed by atoms with Gasteiger partial charge in [0, 0.05) is 31.3 Å². The van der Waals surface area contributed by atoms with Crippen LogP contribution in [0.2, 0.25) is 0 Å². The molecule has 0 spiro atoms. The van der Waals surface area contributed by atoms with Crippen molar-refractivity contribution < 1.29 is 14.0 Å². The lowest BCUT2D eigenvalue weighted by Crippen LogP contribution is -2.46. The summed E-state index contributed by atoms with van der Waals surface area (Å²) in [6.45, 7) is 11.6. The number of nitrogens with zero attached hydrogens (tertiary/aromatic N) is 3. The normalized spacial score (nSPS) is 15.5. The Balaban J connectivity index is 1.68. The minimum atomic E-state index is -0.416. The summed E-state index contributed by atoms with van der Waals surface area (Å²) >= 11 is 0. The van der Waals surface area contributed by atoms with Crippen molar-refractivity contribution in [2.24, 2.45) is 7.05 Å². The van der Waals surface area contributed by atoms with E-state index in [2.05, 4.69) is 31.1 Å². The Bertz CT molecular complexity index is 1640. The summed E-state index contributed by atoms with van der Waals surface area (Å²) in [5, 5.41) is 5.95. The van der Waals surface area contributed by atoms with Gasteiger partial charge in [-0.15, -0.1) is 0 Å². The van der Waals surface area contributed by atoms with Gasteiger partial charge in [-0.3, -0.25) is 24.0 Å². The molecule has 2 N–H and O–H groups in total. The van der Waals surface area contributed by atoms with E-state index in [0.717, 1.165) is 37.7 Å². The molecule has 220 valence electrons. The number of halogens is 1. The molecule has 5 rings (SSSR count). The Kier molecular flexibility index (Phi) is 7.95. The third-order valence-corrected chi connectivity index (χ3v) is 8.17. The number of benzene rings is 2. The summed E-state index contributed by atoms with van der Waals surface area (Å²) in [7, 11) is 1.63. The fraction of sp³-hybridized carbons (Fsp3) is 0.364. The molecule has 1 atom stereocenters. The summed E-state index contributed by atoms with van der Waals surface area (Å²) in [6.07, 6.45) is 4.58. The number of rotatable bonds is 9. The SMILES string of the molecule is C=C1c2c(c(C)c(=O)n(C)c2Nc2ccc(C(CC)CCC)cc2F)N(c2cccc(NC(C)=O)c2)C(=O)N1C1CC1. The number of nitrogens with one attached hydrogen (secondary N) is 2. The van der Waals surface area contributed by atoms with Crippen LogP contribution in [0.1, 0.15) is 75.5 Å². The second-order valence-corrected chi connectivity index (χ2v) is 11.2. The predicted octanol–water partition coefficient (Wildman–Crippen LogP) is 7.54. The summed E-state index contributed by atoms with van der Waals surface area (Å²) < 4.78 is 17.0. The van der Waals surface area contributed by atoms with Crippen LogP contribution in [0.5, 0.6) is 0 Å². The maximum absolute atomic E-state index is 15.6. The van der Waals surface area contributed by atoms with Gasteiger partial charge in [0.15, 0.2) is 0 Å². The van der Waals surface area contributed by atoms with E-state index in [1.54, 1.807) is 55.3 Å². The zero-order valence-electron chi connectivity index (χ0n) is 24.9. The van der Waals surface area contributed by atoms with Crippen LogP contribution >= 0.6 is 0 Å². The molecule has 0 saturated heterocycles. The first-order valence-corrected chi connectivity index (χ1v) is 14.6. The Morgan fingerprint density at radius 1 is 1.14 bits per heavy atom. The van der Waals surface area contributed by atoms with Gasteiger partial charge in [0.05, 0.1) is 28.3 Å². The van der Waals surface area contributed by atoms with Gasteiger partial charge in [0.25, 0.3) is 5.56 Å². The van der Waals surface area contributed by atoms with Crippen molar-refractivity contribution >= 4 is 46.2 Å². The maximum Gasteiger partial charge on any atom is 0.333 e. The summed E-state index contributed by atoms with van der Waals surface area (Å²) in [5.41, 5.74) is 3.61. The van der Waals surface area contributed by atoms with Gasteiger partial charge in [-0.05, 0) is 74.4 Å². The first kappa shape index (κ1) is 29.1. The van der Waals surface area contributed by atoms with E-state index in [1.807, 2.05) is 6.07 Å². The van der Waals surface area contributed by atoms with Crippen molar-refractivity contribution in [1.29, 1.82) is 0 Å². The number of fused-ring (bicyclic) bond motifs is 1. The lowest BCUT2D eigenvalue weighted by Gasteiger charge is -2.40. The van der Waals surface area contributed by atoms with E-state index in [1.165, 1.54) is 16.4 Å². The second-order valence-electron chi connectivity index (χ2n) is 11.2. The van der Waals surface area contributed by atoms with Crippen LogP contribution in [0.4, 0.5) is 37.8 Å². The minimum absolute atomic E-state index is 0.0230. The van der Waals surface area contributed by atoms with Crippen molar-refractivity contribution in [2.75, 3.05) is 15.5 Å². The minimum Gasteiger partial charge on any atom is -0.339 e. The van der Waals surface area contributed by atoms with Crippen molar-refractivity contribution in [3.63, 3.8) is 0 Å². The van der Waals surface area contributed by atoms with E-state index in [-0.39, 0.29) is 35.1 Å². The first-order chi connectivity index (χ1) is 20.1. The van der Waals surface area contributed by atoms with Gasteiger partial charge < -0.3 is 10.6 Å². The highest BCUT2D eigenvalue weighted by molar-refractivity contribution is 6.12.